The summed E-state index contributed by atoms with van der Waals surface area (Å²) in [6, 6.07) is 17.0. The Kier molecular flexibility index (Phi) is 6.88. The molecular formula is C28H34N4OS. The fourth-order valence-electron chi connectivity index (χ4n) is 4.95. The number of anilines is 1. The zero-order valence-electron chi connectivity index (χ0n) is 20.1. The van der Waals surface area contributed by atoms with Gasteiger partial charge < -0.3 is 20.1 Å². The number of hydrogen-bond acceptors (Lipinski definition) is 4. The summed E-state index contributed by atoms with van der Waals surface area (Å²) in [6.45, 7) is 6.40. The summed E-state index contributed by atoms with van der Waals surface area (Å²) >= 11 is 1.63. The maximum Gasteiger partial charge on any atom is 0.261 e. The molecule has 0 bridgehead atoms. The molecule has 6 heteroatoms. The van der Waals surface area contributed by atoms with Crippen molar-refractivity contribution >= 4 is 43.9 Å². The number of piperazine rings is 1. The van der Waals surface area contributed by atoms with Crippen LogP contribution in [0.25, 0.3) is 21.0 Å². The molecule has 1 atom stereocenters. The predicted molar refractivity (Wildman–Crippen MR) is 144 cm³/mol. The van der Waals surface area contributed by atoms with Gasteiger partial charge in [0, 0.05) is 49.3 Å². The van der Waals surface area contributed by atoms with Crippen LogP contribution >= 0.6 is 11.3 Å². The summed E-state index contributed by atoms with van der Waals surface area (Å²) in [5, 5.41) is 5.78. The molecule has 1 unspecified atom stereocenters. The third-order valence-corrected chi connectivity index (χ3v) is 8.15. The zero-order chi connectivity index (χ0) is 23.5. The number of hydrogen-bond donors (Lipinski definition) is 2. The predicted octanol–water partition coefficient (Wildman–Crippen LogP) is 5.67. The highest BCUT2D eigenvalue weighted by Gasteiger charge is 2.21. The highest BCUT2D eigenvalue weighted by molar-refractivity contribution is 7.21. The number of unbranched alkanes of at least 4 members (excludes halogenated alkanes) is 1. The van der Waals surface area contributed by atoms with Crippen molar-refractivity contribution in [3.05, 3.63) is 65.2 Å². The molecule has 1 fully saturated rings. The smallest absolute Gasteiger partial charge is 0.261 e. The van der Waals surface area contributed by atoms with Gasteiger partial charge in [-0.3, -0.25) is 4.79 Å². The van der Waals surface area contributed by atoms with Crippen molar-refractivity contribution in [2.45, 2.75) is 38.6 Å². The topological polar surface area (TPSA) is 51.4 Å². The molecule has 1 amide bonds. The molecule has 2 N–H and O–H groups in total. The molecule has 4 aromatic rings. The Hall–Kier alpha value is -2.83. The third kappa shape index (κ3) is 4.84. The van der Waals surface area contributed by atoms with Crippen LogP contribution in [-0.2, 0) is 6.42 Å². The van der Waals surface area contributed by atoms with E-state index >= 15 is 0 Å². The number of H-pyrrole nitrogens is 1. The van der Waals surface area contributed by atoms with E-state index in [1.807, 2.05) is 0 Å². The van der Waals surface area contributed by atoms with E-state index in [9.17, 15) is 4.79 Å². The molecule has 2 aromatic carbocycles. The lowest BCUT2D eigenvalue weighted by Gasteiger charge is -2.34. The summed E-state index contributed by atoms with van der Waals surface area (Å²) in [5.41, 5.74) is 3.68. The highest BCUT2D eigenvalue weighted by atomic mass is 32.1. The van der Waals surface area contributed by atoms with Gasteiger partial charge in [-0.15, -0.1) is 11.3 Å². The Balaban J connectivity index is 1.35. The summed E-state index contributed by atoms with van der Waals surface area (Å²) < 4.78 is 1.22. The lowest BCUT2D eigenvalue weighted by atomic mass is 10.0. The van der Waals surface area contributed by atoms with E-state index in [0.29, 0.717) is 0 Å². The van der Waals surface area contributed by atoms with Crippen LogP contribution in [0.2, 0.25) is 0 Å². The van der Waals surface area contributed by atoms with Crippen molar-refractivity contribution in [2.75, 3.05) is 38.1 Å². The van der Waals surface area contributed by atoms with Gasteiger partial charge in [-0.2, -0.15) is 0 Å². The third-order valence-electron chi connectivity index (χ3n) is 6.97. The first-order valence-corrected chi connectivity index (χ1v) is 13.3. The number of carbonyl (C=O) groups is 1. The number of amides is 1. The van der Waals surface area contributed by atoms with Crippen LogP contribution in [0.15, 0.2) is 54.7 Å². The second-order valence-electron chi connectivity index (χ2n) is 9.47. The molecule has 1 aliphatic heterocycles. The number of aromatic amines is 1. The molecular weight excluding hydrogens is 440 g/mol. The van der Waals surface area contributed by atoms with Crippen LogP contribution in [0.1, 0.15) is 41.4 Å². The van der Waals surface area contributed by atoms with Gasteiger partial charge in [0.1, 0.15) is 0 Å². The SMILES string of the molecule is CCCCC(Cc1c[nH]c2ccccc12)NC(=O)c1cc2cccc(N3CCN(C)CC3)c2s1. The van der Waals surface area contributed by atoms with Crippen molar-refractivity contribution in [1.82, 2.24) is 15.2 Å². The maximum atomic E-state index is 13.4. The standard InChI is InChI=1S/C28H34N4OS/c1-3-4-9-22(17-21-19-29-24-11-6-5-10-23(21)24)30-28(33)26-18-20-8-7-12-25(27(20)34-26)32-15-13-31(2)14-16-32/h5-8,10-12,18-19,22,29H,3-4,9,13-17H2,1-2H3,(H,30,33). The minimum atomic E-state index is 0.0477. The number of para-hydroxylation sites is 1. The number of carbonyl (C=O) groups excluding carboxylic acids is 1. The summed E-state index contributed by atoms with van der Waals surface area (Å²) in [5.74, 6) is 0.0477. The number of fused-ring (bicyclic) bond motifs is 2. The fraction of sp³-hybridized carbons (Fsp3) is 0.393. The molecule has 1 aliphatic rings. The maximum absolute atomic E-state index is 13.4. The number of nitrogens with one attached hydrogen (secondary N) is 2. The van der Waals surface area contributed by atoms with Gasteiger partial charge in [-0.05, 0) is 49.0 Å². The average molecular weight is 475 g/mol. The van der Waals surface area contributed by atoms with Crippen molar-refractivity contribution in [1.29, 1.82) is 0 Å². The molecule has 178 valence electrons. The van der Waals surface area contributed by atoms with Crippen molar-refractivity contribution in [3.8, 4) is 0 Å². The van der Waals surface area contributed by atoms with Crippen molar-refractivity contribution in [2.24, 2.45) is 0 Å². The minimum Gasteiger partial charge on any atom is -0.368 e. The normalized spacial score (nSPS) is 15.8. The number of benzene rings is 2. The fourth-order valence-corrected chi connectivity index (χ4v) is 6.06. The van der Waals surface area contributed by atoms with Gasteiger partial charge in [0.25, 0.3) is 5.91 Å². The first-order chi connectivity index (χ1) is 16.6. The lowest BCUT2D eigenvalue weighted by molar-refractivity contribution is 0.0938. The van der Waals surface area contributed by atoms with Gasteiger partial charge in [0.05, 0.1) is 15.3 Å². The van der Waals surface area contributed by atoms with Gasteiger partial charge in [0.2, 0.25) is 0 Å². The quantitative estimate of drug-likeness (QED) is 0.346. The molecule has 0 aliphatic carbocycles. The summed E-state index contributed by atoms with van der Waals surface area (Å²) in [7, 11) is 2.18. The Morgan fingerprint density at radius 1 is 1.12 bits per heavy atom. The molecule has 0 spiro atoms. The van der Waals surface area contributed by atoms with E-state index in [4.69, 9.17) is 0 Å². The van der Waals surface area contributed by atoms with E-state index in [1.165, 1.54) is 21.3 Å². The number of likely N-dealkylation sites (N-methyl/N-ethyl adjacent to an activating group) is 1. The van der Waals surface area contributed by atoms with Crippen LogP contribution in [0.5, 0.6) is 0 Å². The van der Waals surface area contributed by atoms with Crippen LogP contribution in [0.3, 0.4) is 0 Å². The van der Waals surface area contributed by atoms with Gasteiger partial charge in [-0.25, -0.2) is 0 Å². The Morgan fingerprint density at radius 2 is 1.94 bits per heavy atom. The van der Waals surface area contributed by atoms with E-state index < -0.39 is 0 Å². The van der Waals surface area contributed by atoms with Gasteiger partial charge >= 0.3 is 0 Å². The molecule has 2 aromatic heterocycles. The monoisotopic (exact) mass is 474 g/mol. The highest BCUT2D eigenvalue weighted by Crippen LogP contribution is 2.35. The van der Waals surface area contributed by atoms with E-state index in [2.05, 4.69) is 88.8 Å². The second kappa shape index (κ2) is 10.2. The number of nitrogens with zero attached hydrogens (tertiary/aromatic N) is 2. The van der Waals surface area contributed by atoms with Crippen LogP contribution < -0.4 is 10.2 Å². The van der Waals surface area contributed by atoms with Crippen molar-refractivity contribution in [3.63, 3.8) is 0 Å². The molecule has 34 heavy (non-hydrogen) atoms. The first kappa shape index (κ1) is 22.9. The summed E-state index contributed by atoms with van der Waals surface area (Å²) in [4.78, 5) is 22.4. The minimum absolute atomic E-state index is 0.0477. The average Bonchev–Trinajstić information content (AvgIpc) is 3.47. The molecule has 3 heterocycles. The Morgan fingerprint density at radius 3 is 2.76 bits per heavy atom. The van der Waals surface area contributed by atoms with Crippen molar-refractivity contribution < 1.29 is 4.79 Å². The Labute approximate surface area is 205 Å². The van der Waals surface area contributed by atoms with Gasteiger partial charge in [-0.1, -0.05) is 50.1 Å². The van der Waals surface area contributed by atoms with Crippen LogP contribution in [0, 0.1) is 0 Å². The number of aromatic nitrogens is 1. The summed E-state index contributed by atoms with van der Waals surface area (Å²) in [6.07, 6.45) is 6.15. The molecule has 5 rings (SSSR count). The van der Waals surface area contributed by atoms with Crippen LogP contribution in [-0.4, -0.2) is 55.1 Å². The second-order valence-corrected chi connectivity index (χ2v) is 10.5. The largest absolute Gasteiger partial charge is 0.368 e. The van der Waals surface area contributed by atoms with E-state index in [0.717, 1.165) is 67.6 Å². The lowest BCUT2D eigenvalue weighted by Crippen LogP contribution is -2.44. The number of rotatable bonds is 8. The molecule has 0 saturated carbocycles. The number of thiophene rings is 1. The Bertz CT molecular complexity index is 1270. The first-order valence-electron chi connectivity index (χ1n) is 12.4. The van der Waals surface area contributed by atoms with E-state index in [-0.39, 0.29) is 11.9 Å². The van der Waals surface area contributed by atoms with E-state index in [1.54, 1.807) is 11.3 Å². The van der Waals surface area contributed by atoms with Gasteiger partial charge in [0.15, 0.2) is 0 Å². The zero-order valence-corrected chi connectivity index (χ0v) is 21.0. The molecule has 5 nitrogen and oxygen atoms in total. The molecule has 1 saturated heterocycles. The molecule has 0 radical (unpaired) electrons. The van der Waals surface area contributed by atoms with Crippen LogP contribution in [0.4, 0.5) is 5.69 Å².